The van der Waals surface area contributed by atoms with E-state index < -0.39 is 47.9 Å². The minimum atomic E-state index is -1.21. The molecule has 5 fully saturated rings. The highest BCUT2D eigenvalue weighted by Gasteiger charge is 2.63. The summed E-state index contributed by atoms with van der Waals surface area (Å²) in [4.78, 5) is 75.3. The molecule has 0 amide bonds. The highest BCUT2D eigenvalue weighted by molar-refractivity contribution is 5.69. The van der Waals surface area contributed by atoms with Crippen LogP contribution in [0.1, 0.15) is 64.7 Å². The molecular weight excluding hydrogens is 578 g/mol. The fraction of sp³-hybridized carbons (Fsp3) is 0.800. The number of epoxide rings is 1. The molecule has 44 heavy (non-hydrogen) atoms. The Balaban J connectivity index is 1.02. The molecule has 5 aliphatic rings. The Kier molecular flexibility index (Phi) is 8.82. The van der Waals surface area contributed by atoms with E-state index in [1.54, 1.807) is 0 Å². The van der Waals surface area contributed by atoms with Crippen LogP contribution in [0.25, 0.3) is 0 Å². The Labute approximate surface area is 253 Å². The van der Waals surface area contributed by atoms with Crippen LogP contribution in [0.4, 0.5) is 0 Å². The smallest absolute Gasteiger partial charge is 0.336 e. The summed E-state index contributed by atoms with van der Waals surface area (Å²) in [7, 11) is 0. The Morgan fingerprint density at radius 3 is 1.80 bits per heavy atom. The van der Waals surface area contributed by atoms with Crippen LogP contribution in [-0.2, 0) is 53.0 Å². The second kappa shape index (κ2) is 12.6. The van der Waals surface area contributed by atoms with Gasteiger partial charge in [0.15, 0.2) is 0 Å². The number of carboxylic acids is 1. The first kappa shape index (κ1) is 30.8. The van der Waals surface area contributed by atoms with E-state index in [0.29, 0.717) is 53.7 Å². The molecule has 2 aliphatic heterocycles. The van der Waals surface area contributed by atoms with Crippen molar-refractivity contribution in [2.24, 2.45) is 29.6 Å². The van der Waals surface area contributed by atoms with Crippen molar-refractivity contribution in [3.05, 3.63) is 31.5 Å². The van der Waals surface area contributed by atoms with Gasteiger partial charge in [0, 0.05) is 38.4 Å². The van der Waals surface area contributed by atoms with Crippen LogP contribution in [0.15, 0.2) is 14.4 Å². The molecule has 9 atom stereocenters. The minimum absolute atomic E-state index is 0.0250. The van der Waals surface area contributed by atoms with Crippen molar-refractivity contribution in [2.45, 2.75) is 109 Å². The van der Waals surface area contributed by atoms with E-state index in [1.165, 1.54) is 0 Å². The lowest BCUT2D eigenvalue weighted by molar-refractivity contribution is -0.147. The number of nitrogens with zero attached hydrogens (tertiary/aromatic N) is 3. The summed E-state index contributed by atoms with van der Waals surface area (Å²) >= 11 is 0. The van der Waals surface area contributed by atoms with E-state index >= 15 is 0 Å². The van der Waals surface area contributed by atoms with Gasteiger partial charge in [0.2, 0.25) is 0 Å². The van der Waals surface area contributed by atoms with Crippen molar-refractivity contribution >= 4 is 17.9 Å². The molecule has 4 bridgehead atoms. The van der Waals surface area contributed by atoms with Crippen LogP contribution in [0, 0.1) is 29.6 Å². The van der Waals surface area contributed by atoms with Gasteiger partial charge in [-0.1, -0.05) is 0 Å². The van der Waals surface area contributed by atoms with Crippen LogP contribution >= 0.6 is 0 Å². The van der Waals surface area contributed by atoms with E-state index in [9.17, 15) is 28.8 Å². The number of fused-ring (bicyclic) bond motifs is 7. The number of carbonyl (C=O) groups is 3. The molecule has 9 unspecified atom stereocenters. The molecule has 0 aromatic carbocycles. The average Bonchev–Trinajstić information content (AvgIpc) is 3.22. The van der Waals surface area contributed by atoms with E-state index in [2.05, 4.69) is 0 Å². The number of ether oxygens (including phenoxy) is 4. The molecule has 0 radical (unpaired) electrons. The number of hydrogen-bond acceptors (Lipinski definition) is 10. The zero-order chi connectivity index (χ0) is 31.1. The maximum absolute atomic E-state index is 13.2. The SMILES string of the molecule is CC1OC2CC(COC(=O)CCCn3c(=O)n(CCCC(=O)OCC4CC5CC4C4OC54)c(=O)n(CCC(=O)O)c3=O)C1C2. The molecule has 1 N–H and O–H groups in total. The summed E-state index contributed by atoms with van der Waals surface area (Å²) in [6, 6.07) is 0. The maximum Gasteiger partial charge on any atom is 0.336 e. The van der Waals surface area contributed by atoms with Crippen molar-refractivity contribution in [3.8, 4) is 0 Å². The summed E-state index contributed by atoms with van der Waals surface area (Å²) < 4.78 is 24.8. The van der Waals surface area contributed by atoms with Gasteiger partial charge in [-0.05, 0) is 69.1 Å². The minimum Gasteiger partial charge on any atom is -0.481 e. The second-order valence-electron chi connectivity index (χ2n) is 13.1. The van der Waals surface area contributed by atoms with Gasteiger partial charge < -0.3 is 24.1 Å². The molecule has 242 valence electrons. The van der Waals surface area contributed by atoms with Gasteiger partial charge in [-0.15, -0.1) is 0 Å². The van der Waals surface area contributed by atoms with Crippen molar-refractivity contribution in [1.82, 2.24) is 13.7 Å². The number of carbonyl (C=O) groups excluding carboxylic acids is 2. The van der Waals surface area contributed by atoms with Gasteiger partial charge in [0.25, 0.3) is 0 Å². The summed E-state index contributed by atoms with van der Waals surface area (Å²) in [5.74, 6) is -0.129. The number of rotatable bonds is 15. The molecular formula is C30H41N3O11. The molecule has 3 saturated carbocycles. The van der Waals surface area contributed by atoms with E-state index in [0.717, 1.165) is 34.8 Å². The Bertz CT molecular complexity index is 1390. The highest BCUT2D eigenvalue weighted by Crippen LogP contribution is 2.58. The van der Waals surface area contributed by atoms with Crippen molar-refractivity contribution in [2.75, 3.05) is 13.2 Å². The molecule has 2 saturated heterocycles. The molecule has 3 aliphatic carbocycles. The average molecular weight is 620 g/mol. The first-order chi connectivity index (χ1) is 21.1. The predicted octanol–water partition coefficient (Wildman–Crippen LogP) is 0.530. The normalized spacial score (nSPS) is 32.5. The Hall–Kier alpha value is -3.26. The number of esters is 2. The van der Waals surface area contributed by atoms with Crippen LogP contribution in [-0.4, -0.2) is 74.3 Å². The molecule has 14 nitrogen and oxygen atoms in total. The van der Waals surface area contributed by atoms with Crippen LogP contribution in [0.3, 0.4) is 0 Å². The Morgan fingerprint density at radius 2 is 1.30 bits per heavy atom. The maximum atomic E-state index is 13.2. The number of carboxylic acid groups (broad SMARTS) is 1. The van der Waals surface area contributed by atoms with E-state index in [-0.39, 0.29) is 56.9 Å². The van der Waals surface area contributed by atoms with Crippen molar-refractivity contribution in [1.29, 1.82) is 0 Å². The highest BCUT2D eigenvalue weighted by atomic mass is 16.6. The summed E-state index contributed by atoms with van der Waals surface area (Å²) in [5.41, 5.74) is -2.74. The van der Waals surface area contributed by atoms with E-state index in [1.807, 2.05) is 6.92 Å². The Morgan fingerprint density at radius 1 is 0.727 bits per heavy atom. The van der Waals surface area contributed by atoms with Crippen molar-refractivity contribution < 1.29 is 38.4 Å². The predicted molar refractivity (Wildman–Crippen MR) is 151 cm³/mol. The molecule has 0 spiro atoms. The van der Waals surface area contributed by atoms with Crippen LogP contribution in [0.5, 0.6) is 0 Å². The lowest BCUT2D eigenvalue weighted by Crippen LogP contribution is -2.54. The van der Waals surface area contributed by atoms with Gasteiger partial charge in [0.05, 0.1) is 44.1 Å². The van der Waals surface area contributed by atoms with Gasteiger partial charge in [0.1, 0.15) is 0 Å². The standard InChI is InChI=1S/C30H41N3O11/c1-16-21-13-20(43-16)11-19(21)15-42-25(37)5-3-8-32-28(38)31(29(39)33(30(32)40)9-6-23(34)35)7-2-4-24(36)41-14-18-10-17-12-22(18)27-26(17)44-27/h16-22,26-27H,2-15H2,1H3,(H,34,35). The van der Waals surface area contributed by atoms with E-state index in [4.69, 9.17) is 24.1 Å². The fourth-order valence-electron chi connectivity index (χ4n) is 8.08. The third kappa shape index (κ3) is 6.28. The topological polar surface area (TPSA) is 178 Å². The lowest BCUT2D eigenvalue weighted by Gasteiger charge is -2.26. The summed E-state index contributed by atoms with van der Waals surface area (Å²) in [6.07, 6.45) is 4.76. The third-order valence-corrected chi connectivity index (χ3v) is 10.3. The molecule has 14 heteroatoms. The molecule has 1 aromatic rings. The summed E-state index contributed by atoms with van der Waals surface area (Å²) in [5, 5.41) is 9.10. The first-order valence-corrected chi connectivity index (χ1v) is 15.9. The molecule has 6 rings (SSSR count). The summed E-state index contributed by atoms with van der Waals surface area (Å²) in [6.45, 7) is 1.94. The zero-order valence-electron chi connectivity index (χ0n) is 25.0. The lowest BCUT2D eigenvalue weighted by atomic mass is 9.89. The molecule has 1 aromatic heterocycles. The molecule has 3 heterocycles. The quantitative estimate of drug-likeness (QED) is 0.214. The fourth-order valence-corrected chi connectivity index (χ4v) is 8.08. The van der Waals surface area contributed by atoms with Gasteiger partial charge >= 0.3 is 35.0 Å². The third-order valence-electron chi connectivity index (χ3n) is 10.3. The largest absolute Gasteiger partial charge is 0.481 e. The number of hydrogen-bond donors (Lipinski definition) is 1. The van der Waals surface area contributed by atoms with Crippen molar-refractivity contribution in [3.63, 3.8) is 0 Å². The van der Waals surface area contributed by atoms with Gasteiger partial charge in [-0.25, -0.2) is 28.1 Å². The van der Waals surface area contributed by atoms with Crippen LogP contribution in [0.2, 0.25) is 0 Å². The zero-order valence-corrected chi connectivity index (χ0v) is 25.0. The monoisotopic (exact) mass is 619 g/mol. The number of aliphatic carboxylic acids is 1. The second-order valence-corrected chi connectivity index (χ2v) is 13.1. The van der Waals surface area contributed by atoms with Gasteiger partial charge in [-0.2, -0.15) is 0 Å². The van der Waals surface area contributed by atoms with Gasteiger partial charge in [-0.3, -0.25) is 14.4 Å². The van der Waals surface area contributed by atoms with Crippen LogP contribution < -0.4 is 17.1 Å². The first-order valence-electron chi connectivity index (χ1n) is 15.9. The number of aromatic nitrogens is 3.